The molecule has 7 heteroatoms. The molecule has 1 unspecified atom stereocenters. The van der Waals surface area contributed by atoms with Gasteiger partial charge in [0.1, 0.15) is 12.6 Å². The molecule has 0 spiro atoms. The minimum absolute atomic E-state index is 0.0275. The number of aliphatic carboxylic acids is 1. The Morgan fingerprint density at radius 2 is 2.31 bits per heavy atom. The molecule has 16 heavy (non-hydrogen) atoms. The maximum Gasteiger partial charge on any atom is 0.326 e. The zero-order valence-corrected chi connectivity index (χ0v) is 10.5. The van der Waals surface area contributed by atoms with Crippen molar-refractivity contribution in [3.8, 4) is 0 Å². The van der Waals surface area contributed by atoms with Gasteiger partial charge in [-0.05, 0) is 22.9 Å². The van der Waals surface area contributed by atoms with Crippen molar-refractivity contribution in [2.24, 2.45) is 0 Å². The average Bonchev–Trinajstić information content (AvgIpc) is 2.61. The van der Waals surface area contributed by atoms with Crippen molar-refractivity contribution < 1.29 is 14.7 Å². The number of carbonyl (C=O) groups is 2. The molecular formula is C9H12BrN3O3. The lowest BCUT2D eigenvalue weighted by atomic mass is 10.3. The first-order chi connectivity index (χ1) is 7.41. The van der Waals surface area contributed by atoms with Gasteiger partial charge in [0, 0.05) is 13.2 Å². The minimum atomic E-state index is -1.03. The van der Waals surface area contributed by atoms with Gasteiger partial charge in [-0.25, -0.2) is 4.79 Å². The van der Waals surface area contributed by atoms with E-state index in [1.165, 1.54) is 23.6 Å². The number of carboxylic acids is 1. The van der Waals surface area contributed by atoms with Crippen LogP contribution >= 0.6 is 15.9 Å². The first-order valence-electron chi connectivity index (χ1n) is 4.58. The lowest BCUT2D eigenvalue weighted by Gasteiger charge is -2.21. The molecule has 0 bridgehead atoms. The Balaban J connectivity index is 2.62. The highest BCUT2D eigenvalue weighted by Gasteiger charge is 2.21. The summed E-state index contributed by atoms with van der Waals surface area (Å²) in [6.07, 6.45) is 3.21. The molecule has 1 aromatic heterocycles. The molecule has 0 aliphatic rings. The Bertz CT molecular complexity index is 404. The molecule has 1 atom stereocenters. The fourth-order valence-electron chi connectivity index (χ4n) is 1.06. The third-order valence-corrected chi connectivity index (χ3v) is 2.64. The van der Waals surface area contributed by atoms with E-state index in [2.05, 4.69) is 21.0 Å². The van der Waals surface area contributed by atoms with Crippen molar-refractivity contribution in [2.75, 3.05) is 7.05 Å². The van der Waals surface area contributed by atoms with Gasteiger partial charge in [0.05, 0.1) is 10.7 Å². The van der Waals surface area contributed by atoms with Crippen molar-refractivity contribution in [2.45, 2.75) is 19.5 Å². The number of likely N-dealkylation sites (N-methyl/N-ethyl adjacent to an activating group) is 1. The molecule has 0 fully saturated rings. The number of aromatic nitrogens is 2. The highest BCUT2D eigenvalue weighted by Crippen LogP contribution is 2.06. The molecule has 6 nitrogen and oxygen atoms in total. The second-order valence-corrected chi connectivity index (χ2v) is 4.29. The number of amides is 1. The van der Waals surface area contributed by atoms with Gasteiger partial charge in [-0.1, -0.05) is 0 Å². The smallest absolute Gasteiger partial charge is 0.326 e. The highest BCUT2D eigenvalue weighted by atomic mass is 79.9. The summed E-state index contributed by atoms with van der Waals surface area (Å²) < 4.78 is 2.21. The van der Waals surface area contributed by atoms with Crippen LogP contribution in [0.3, 0.4) is 0 Å². The molecule has 1 N–H and O–H groups in total. The van der Waals surface area contributed by atoms with E-state index in [4.69, 9.17) is 5.11 Å². The standard InChI is InChI=1S/C9H12BrN3O3/c1-6(9(15)16)12(2)8(14)5-13-4-7(10)3-11-13/h3-4,6H,5H2,1-2H3,(H,15,16). The minimum Gasteiger partial charge on any atom is -0.480 e. The van der Waals surface area contributed by atoms with Gasteiger partial charge in [0.2, 0.25) is 5.91 Å². The van der Waals surface area contributed by atoms with Gasteiger partial charge in [0.15, 0.2) is 0 Å². The molecule has 1 amide bonds. The number of carbonyl (C=O) groups excluding carboxylic acids is 1. The highest BCUT2D eigenvalue weighted by molar-refractivity contribution is 9.10. The van der Waals surface area contributed by atoms with Crippen LogP contribution in [-0.2, 0) is 16.1 Å². The predicted molar refractivity (Wildman–Crippen MR) is 59.8 cm³/mol. The third-order valence-electron chi connectivity index (χ3n) is 2.23. The number of rotatable bonds is 4. The van der Waals surface area contributed by atoms with Crippen molar-refractivity contribution in [3.05, 3.63) is 16.9 Å². The van der Waals surface area contributed by atoms with Crippen LogP contribution < -0.4 is 0 Å². The van der Waals surface area contributed by atoms with E-state index in [1.54, 1.807) is 12.4 Å². The lowest BCUT2D eigenvalue weighted by Crippen LogP contribution is -2.41. The Morgan fingerprint density at radius 3 is 2.75 bits per heavy atom. The maximum absolute atomic E-state index is 11.7. The Kier molecular flexibility index (Phi) is 4.05. The normalized spacial score (nSPS) is 12.2. The summed E-state index contributed by atoms with van der Waals surface area (Å²) in [5, 5.41) is 12.7. The molecule has 0 aliphatic carbocycles. The van der Waals surface area contributed by atoms with E-state index in [1.807, 2.05) is 0 Å². The first-order valence-corrected chi connectivity index (χ1v) is 5.37. The molecule has 1 rings (SSSR count). The van der Waals surface area contributed by atoms with Crippen LogP contribution in [0.25, 0.3) is 0 Å². The van der Waals surface area contributed by atoms with Crippen LogP contribution in [0.5, 0.6) is 0 Å². The van der Waals surface area contributed by atoms with Crippen LogP contribution in [0.15, 0.2) is 16.9 Å². The van der Waals surface area contributed by atoms with Crippen molar-refractivity contribution >= 4 is 27.8 Å². The molecule has 0 aromatic carbocycles. The van der Waals surface area contributed by atoms with Gasteiger partial charge in [-0.2, -0.15) is 5.10 Å². The second-order valence-electron chi connectivity index (χ2n) is 3.37. The Hall–Kier alpha value is -1.37. The summed E-state index contributed by atoms with van der Waals surface area (Å²) in [5.41, 5.74) is 0. The molecule has 0 saturated carbocycles. The topological polar surface area (TPSA) is 75.4 Å². The maximum atomic E-state index is 11.7. The summed E-state index contributed by atoms with van der Waals surface area (Å²) in [6.45, 7) is 1.49. The Morgan fingerprint density at radius 1 is 1.69 bits per heavy atom. The molecular weight excluding hydrogens is 278 g/mol. The summed E-state index contributed by atoms with van der Waals surface area (Å²) in [5.74, 6) is -1.33. The van der Waals surface area contributed by atoms with Crippen LogP contribution in [0.1, 0.15) is 6.92 Å². The summed E-state index contributed by atoms with van der Waals surface area (Å²) in [7, 11) is 1.46. The van der Waals surface area contributed by atoms with E-state index in [0.29, 0.717) is 0 Å². The second kappa shape index (κ2) is 5.11. The zero-order valence-electron chi connectivity index (χ0n) is 8.92. The molecule has 1 aromatic rings. The van der Waals surface area contributed by atoms with E-state index >= 15 is 0 Å². The van der Waals surface area contributed by atoms with Gasteiger partial charge in [0.25, 0.3) is 0 Å². The van der Waals surface area contributed by atoms with E-state index in [-0.39, 0.29) is 12.5 Å². The van der Waals surface area contributed by atoms with Crippen LogP contribution in [0, 0.1) is 0 Å². The average molecular weight is 290 g/mol. The van der Waals surface area contributed by atoms with Gasteiger partial charge < -0.3 is 10.0 Å². The number of hydrogen-bond donors (Lipinski definition) is 1. The SMILES string of the molecule is CC(C(=O)O)N(C)C(=O)Cn1cc(Br)cn1. The summed E-state index contributed by atoms with van der Waals surface area (Å²) >= 11 is 3.21. The van der Waals surface area contributed by atoms with Gasteiger partial charge in [-0.15, -0.1) is 0 Å². The number of halogens is 1. The zero-order chi connectivity index (χ0) is 12.3. The number of nitrogens with zero attached hydrogens (tertiary/aromatic N) is 3. The number of carboxylic acid groups (broad SMARTS) is 1. The Labute approximate surface area is 101 Å². The van der Waals surface area contributed by atoms with Crippen molar-refractivity contribution in [1.29, 1.82) is 0 Å². The largest absolute Gasteiger partial charge is 0.480 e. The molecule has 0 saturated heterocycles. The molecule has 0 radical (unpaired) electrons. The monoisotopic (exact) mass is 289 g/mol. The predicted octanol–water partition coefficient (Wildman–Crippen LogP) is 0.577. The van der Waals surface area contributed by atoms with Crippen molar-refractivity contribution in [3.63, 3.8) is 0 Å². The van der Waals surface area contributed by atoms with E-state index in [9.17, 15) is 9.59 Å². The van der Waals surface area contributed by atoms with Crippen LogP contribution in [-0.4, -0.2) is 44.8 Å². The molecule has 1 heterocycles. The third kappa shape index (κ3) is 3.06. The van der Waals surface area contributed by atoms with Crippen LogP contribution in [0.4, 0.5) is 0 Å². The fourth-order valence-corrected chi connectivity index (χ4v) is 1.38. The van der Waals surface area contributed by atoms with Crippen LogP contribution in [0.2, 0.25) is 0 Å². The van der Waals surface area contributed by atoms with E-state index < -0.39 is 12.0 Å². The molecule has 88 valence electrons. The van der Waals surface area contributed by atoms with Gasteiger partial charge >= 0.3 is 5.97 Å². The lowest BCUT2D eigenvalue weighted by molar-refractivity contribution is -0.148. The quantitative estimate of drug-likeness (QED) is 0.880. The van der Waals surface area contributed by atoms with Crippen molar-refractivity contribution in [1.82, 2.24) is 14.7 Å². The summed E-state index contributed by atoms with van der Waals surface area (Å²) in [6, 6.07) is -0.841. The van der Waals surface area contributed by atoms with E-state index in [0.717, 1.165) is 4.47 Å². The number of hydrogen-bond acceptors (Lipinski definition) is 3. The molecule has 0 aliphatic heterocycles. The fraction of sp³-hybridized carbons (Fsp3) is 0.444. The summed E-state index contributed by atoms with van der Waals surface area (Å²) in [4.78, 5) is 23.5. The first kappa shape index (κ1) is 12.7. The van der Waals surface area contributed by atoms with Gasteiger partial charge in [-0.3, -0.25) is 9.48 Å².